The molecule has 0 aromatic heterocycles. The lowest BCUT2D eigenvalue weighted by molar-refractivity contribution is 0.306. The maximum absolute atomic E-state index is 9.05. The molecule has 0 saturated carbocycles. The molecular formula is C21H16BrNO2. The van der Waals surface area contributed by atoms with Crippen molar-refractivity contribution in [2.45, 2.75) is 13.5 Å². The minimum Gasteiger partial charge on any atom is -0.489 e. The minimum atomic E-state index is 0.530. The van der Waals surface area contributed by atoms with Crippen LogP contribution in [0, 0.1) is 18.3 Å². The lowest BCUT2D eigenvalue weighted by atomic mass is 10.1. The van der Waals surface area contributed by atoms with E-state index in [9.17, 15) is 0 Å². The van der Waals surface area contributed by atoms with Crippen LogP contribution in [-0.4, -0.2) is 0 Å². The van der Waals surface area contributed by atoms with Gasteiger partial charge in [0.2, 0.25) is 0 Å². The number of halogens is 1. The number of ether oxygens (including phenoxy) is 2. The molecule has 0 radical (unpaired) electrons. The SMILES string of the molecule is Cc1cc(C#N)c(Br)cc1Oc1ccc(OCc2ccccc2)cc1. The molecule has 124 valence electrons. The number of hydrogen-bond acceptors (Lipinski definition) is 3. The van der Waals surface area contributed by atoms with E-state index in [1.807, 2.05) is 67.6 Å². The highest BCUT2D eigenvalue weighted by Gasteiger charge is 2.07. The van der Waals surface area contributed by atoms with E-state index in [0.717, 1.165) is 21.3 Å². The molecule has 25 heavy (non-hydrogen) atoms. The van der Waals surface area contributed by atoms with Crippen molar-refractivity contribution < 1.29 is 9.47 Å². The molecule has 0 spiro atoms. The first kappa shape index (κ1) is 17.1. The second-order valence-corrected chi connectivity index (χ2v) is 6.41. The zero-order valence-electron chi connectivity index (χ0n) is 13.7. The van der Waals surface area contributed by atoms with Crippen molar-refractivity contribution in [1.82, 2.24) is 0 Å². The van der Waals surface area contributed by atoms with Crippen LogP contribution in [0.3, 0.4) is 0 Å². The van der Waals surface area contributed by atoms with E-state index in [-0.39, 0.29) is 0 Å². The second-order valence-electron chi connectivity index (χ2n) is 5.56. The third-order valence-electron chi connectivity index (χ3n) is 3.68. The summed E-state index contributed by atoms with van der Waals surface area (Å²) >= 11 is 3.39. The molecule has 0 atom stereocenters. The summed E-state index contributed by atoms with van der Waals surface area (Å²) in [6.07, 6.45) is 0. The maximum atomic E-state index is 9.05. The van der Waals surface area contributed by atoms with Crippen LogP contribution in [0.25, 0.3) is 0 Å². The van der Waals surface area contributed by atoms with Crippen LogP contribution < -0.4 is 9.47 Å². The normalized spacial score (nSPS) is 10.1. The molecule has 0 aliphatic rings. The van der Waals surface area contributed by atoms with Gasteiger partial charge in [-0.15, -0.1) is 0 Å². The smallest absolute Gasteiger partial charge is 0.131 e. The molecule has 3 rings (SSSR count). The largest absolute Gasteiger partial charge is 0.489 e. The van der Waals surface area contributed by atoms with Crippen LogP contribution in [0.5, 0.6) is 17.2 Å². The van der Waals surface area contributed by atoms with Crippen LogP contribution >= 0.6 is 15.9 Å². The molecule has 0 bridgehead atoms. The molecule has 3 aromatic carbocycles. The van der Waals surface area contributed by atoms with E-state index in [1.54, 1.807) is 6.07 Å². The predicted molar refractivity (Wildman–Crippen MR) is 101 cm³/mol. The Hall–Kier alpha value is -2.77. The van der Waals surface area contributed by atoms with Crippen molar-refractivity contribution in [2.24, 2.45) is 0 Å². The van der Waals surface area contributed by atoms with Gasteiger partial charge in [-0.05, 0) is 70.4 Å². The van der Waals surface area contributed by atoms with Crippen LogP contribution in [0.4, 0.5) is 0 Å². The highest BCUT2D eigenvalue weighted by atomic mass is 79.9. The molecule has 0 aliphatic carbocycles. The van der Waals surface area contributed by atoms with Crippen molar-refractivity contribution in [1.29, 1.82) is 5.26 Å². The Bertz CT molecular complexity index is 900. The van der Waals surface area contributed by atoms with Crippen molar-refractivity contribution in [3.8, 4) is 23.3 Å². The van der Waals surface area contributed by atoms with Gasteiger partial charge in [0.1, 0.15) is 29.9 Å². The van der Waals surface area contributed by atoms with Gasteiger partial charge in [0, 0.05) is 4.47 Å². The van der Waals surface area contributed by atoms with Gasteiger partial charge in [-0.1, -0.05) is 30.3 Å². The molecule has 0 fully saturated rings. The molecule has 0 N–H and O–H groups in total. The Morgan fingerprint density at radius 3 is 2.32 bits per heavy atom. The van der Waals surface area contributed by atoms with Gasteiger partial charge in [-0.25, -0.2) is 0 Å². The molecule has 3 nitrogen and oxygen atoms in total. The second kappa shape index (κ2) is 7.87. The topological polar surface area (TPSA) is 42.2 Å². The average molecular weight is 394 g/mol. The molecule has 0 heterocycles. The highest BCUT2D eigenvalue weighted by Crippen LogP contribution is 2.31. The van der Waals surface area contributed by atoms with Gasteiger partial charge in [0.15, 0.2) is 0 Å². The Morgan fingerprint density at radius 2 is 1.64 bits per heavy atom. The van der Waals surface area contributed by atoms with Gasteiger partial charge < -0.3 is 9.47 Å². The molecule has 0 amide bonds. The van der Waals surface area contributed by atoms with Crippen LogP contribution in [-0.2, 0) is 6.61 Å². The van der Waals surface area contributed by atoms with E-state index in [4.69, 9.17) is 14.7 Å². The summed E-state index contributed by atoms with van der Waals surface area (Å²) < 4.78 is 12.4. The number of benzene rings is 3. The third-order valence-corrected chi connectivity index (χ3v) is 4.34. The Balaban J connectivity index is 1.67. The van der Waals surface area contributed by atoms with Crippen molar-refractivity contribution in [2.75, 3.05) is 0 Å². The summed E-state index contributed by atoms with van der Waals surface area (Å²) in [6, 6.07) is 23.3. The van der Waals surface area contributed by atoms with E-state index < -0.39 is 0 Å². The van der Waals surface area contributed by atoms with E-state index in [0.29, 0.717) is 23.7 Å². The van der Waals surface area contributed by atoms with Crippen molar-refractivity contribution >= 4 is 15.9 Å². The minimum absolute atomic E-state index is 0.530. The number of hydrogen-bond donors (Lipinski definition) is 0. The number of rotatable bonds is 5. The fourth-order valence-electron chi connectivity index (χ4n) is 2.33. The van der Waals surface area contributed by atoms with E-state index in [2.05, 4.69) is 22.0 Å². The molecule has 0 aliphatic heterocycles. The van der Waals surface area contributed by atoms with Crippen LogP contribution in [0.2, 0.25) is 0 Å². The Kier molecular flexibility index (Phi) is 5.37. The first-order valence-electron chi connectivity index (χ1n) is 7.80. The summed E-state index contributed by atoms with van der Waals surface area (Å²) in [4.78, 5) is 0. The summed E-state index contributed by atoms with van der Waals surface area (Å²) in [6.45, 7) is 2.45. The fourth-order valence-corrected chi connectivity index (χ4v) is 2.74. The maximum Gasteiger partial charge on any atom is 0.131 e. The standard InChI is InChI=1S/C21H16BrNO2/c1-15-11-17(13-23)20(22)12-21(15)25-19-9-7-18(8-10-19)24-14-16-5-3-2-4-6-16/h2-12H,14H2,1H3. The van der Waals surface area contributed by atoms with E-state index >= 15 is 0 Å². The Morgan fingerprint density at radius 1 is 0.960 bits per heavy atom. The molecule has 0 unspecified atom stereocenters. The monoisotopic (exact) mass is 393 g/mol. The lowest BCUT2D eigenvalue weighted by Crippen LogP contribution is -1.95. The first-order valence-corrected chi connectivity index (χ1v) is 8.60. The van der Waals surface area contributed by atoms with Crippen molar-refractivity contribution in [3.63, 3.8) is 0 Å². The van der Waals surface area contributed by atoms with E-state index in [1.165, 1.54) is 0 Å². The van der Waals surface area contributed by atoms with Crippen LogP contribution in [0.1, 0.15) is 16.7 Å². The average Bonchev–Trinajstić information content (AvgIpc) is 2.64. The summed E-state index contributed by atoms with van der Waals surface area (Å²) in [7, 11) is 0. The first-order chi connectivity index (χ1) is 12.2. The van der Waals surface area contributed by atoms with Gasteiger partial charge in [-0.3, -0.25) is 0 Å². The van der Waals surface area contributed by atoms with Crippen LogP contribution in [0.15, 0.2) is 71.2 Å². The molecule has 4 heteroatoms. The van der Waals surface area contributed by atoms with Gasteiger partial charge in [-0.2, -0.15) is 5.26 Å². The quantitative estimate of drug-likeness (QED) is 0.533. The molecule has 0 saturated heterocycles. The third kappa shape index (κ3) is 4.40. The predicted octanol–water partition coefficient (Wildman–Crippen LogP) is 6.00. The van der Waals surface area contributed by atoms with Gasteiger partial charge in [0.25, 0.3) is 0 Å². The number of aryl methyl sites for hydroxylation is 1. The summed E-state index contributed by atoms with van der Waals surface area (Å²) in [5, 5.41) is 9.05. The molecule has 3 aromatic rings. The zero-order chi connectivity index (χ0) is 17.6. The number of nitriles is 1. The van der Waals surface area contributed by atoms with Crippen molar-refractivity contribution in [3.05, 3.63) is 87.9 Å². The summed E-state index contributed by atoms with van der Waals surface area (Å²) in [5.74, 6) is 2.21. The van der Waals surface area contributed by atoms with Gasteiger partial charge in [0.05, 0.1) is 5.56 Å². The fraction of sp³-hybridized carbons (Fsp3) is 0.0952. The highest BCUT2D eigenvalue weighted by molar-refractivity contribution is 9.10. The zero-order valence-corrected chi connectivity index (χ0v) is 15.3. The Labute approximate surface area is 155 Å². The lowest BCUT2D eigenvalue weighted by Gasteiger charge is -2.11. The summed E-state index contributed by atoms with van der Waals surface area (Å²) in [5.41, 5.74) is 2.62. The van der Waals surface area contributed by atoms with Gasteiger partial charge >= 0.3 is 0 Å². The molecular weight excluding hydrogens is 378 g/mol. The number of nitrogens with zero attached hydrogens (tertiary/aromatic N) is 1.